The van der Waals surface area contributed by atoms with E-state index in [2.05, 4.69) is 27.4 Å². The highest BCUT2D eigenvalue weighted by molar-refractivity contribution is 7.99. The molecule has 1 aromatic heterocycles. The number of benzene rings is 1. The smallest absolute Gasteiger partial charge is 0.230 e. The molecule has 2 aromatic rings. The first kappa shape index (κ1) is 13.3. The number of aromatic nitrogens is 4. The number of hydrogen-bond acceptors (Lipinski definition) is 5. The van der Waals surface area contributed by atoms with Crippen LogP contribution in [-0.4, -0.2) is 38.4 Å². The second kappa shape index (κ2) is 6.69. The van der Waals surface area contributed by atoms with Crippen LogP contribution in [0.4, 0.5) is 0 Å². The van der Waals surface area contributed by atoms with Crippen molar-refractivity contribution in [3.05, 3.63) is 43.0 Å². The molecular weight excluding hydrogens is 262 g/mol. The third kappa shape index (κ3) is 3.65. The van der Waals surface area contributed by atoms with Gasteiger partial charge in [-0.05, 0) is 22.6 Å². The Labute approximate surface area is 114 Å². The zero-order chi connectivity index (χ0) is 13.5. The lowest BCUT2D eigenvalue weighted by molar-refractivity contribution is -0.118. The number of carbonyl (C=O) groups excluding carboxylic acids is 1. The van der Waals surface area contributed by atoms with Crippen LogP contribution in [-0.2, 0) is 4.79 Å². The number of hydrogen-bond donors (Lipinski definition) is 1. The fraction of sp³-hybridized carbons (Fsp3) is 0.167. The number of carbonyl (C=O) groups is 1. The first-order valence-electron chi connectivity index (χ1n) is 5.65. The lowest BCUT2D eigenvalue weighted by Gasteiger charge is -2.04. The highest BCUT2D eigenvalue weighted by atomic mass is 32.2. The average molecular weight is 275 g/mol. The van der Waals surface area contributed by atoms with Crippen LogP contribution in [0.15, 0.2) is 48.1 Å². The Kier molecular flexibility index (Phi) is 4.68. The molecule has 0 atom stereocenters. The van der Waals surface area contributed by atoms with Gasteiger partial charge in [0.05, 0.1) is 11.4 Å². The molecule has 98 valence electrons. The van der Waals surface area contributed by atoms with Crippen molar-refractivity contribution in [1.82, 2.24) is 25.5 Å². The molecule has 0 saturated carbocycles. The highest BCUT2D eigenvalue weighted by Gasteiger charge is 2.10. The van der Waals surface area contributed by atoms with Crippen molar-refractivity contribution in [2.24, 2.45) is 0 Å². The predicted octanol–water partition coefficient (Wildman–Crippen LogP) is 1.06. The van der Waals surface area contributed by atoms with Gasteiger partial charge < -0.3 is 5.32 Å². The van der Waals surface area contributed by atoms with E-state index in [-0.39, 0.29) is 11.7 Å². The van der Waals surface area contributed by atoms with Crippen molar-refractivity contribution in [3.8, 4) is 5.69 Å². The van der Waals surface area contributed by atoms with Crippen LogP contribution in [0.2, 0.25) is 0 Å². The predicted molar refractivity (Wildman–Crippen MR) is 73.1 cm³/mol. The number of tetrazole rings is 1. The summed E-state index contributed by atoms with van der Waals surface area (Å²) in [5.74, 6) is 0.189. The summed E-state index contributed by atoms with van der Waals surface area (Å²) in [5, 5.41) is 14.7. The summed E-state index contributed by atoms with van der Waals surface area (Å²) in [6.45, 7) is 4.00. The molecule has 0 spiro atoms. The summed E-state index contributed by atoms with van der Waals surface area (Å²) < 4.78 is 1.60. The molecule has 0 fully saturated rings. The molecule has 7 heteroatoms. The summed E-state index contributed by atoms with van der Waals surface area (Å²) in [6.07, 6.45) is 1.64. The van der Waals surface area contributed by atoms with Crippen LogP contribution in [0.1, 0.15) is 0 Å². The van der Waals surface area contributed by atoms with Crippen LogP contribution in [0.3, 0.4) is 0 Å². The molecule has 0 aliphatic heterocycles. The lowest BCUT2D eigenvalue weighted by atomic mass is 10.3. The Morgan fingerprint density at radius 1 is 1.42 bits per heavy atom. The topological polar surface area (TPSA) is 72.7 Å². The number of nitrogens with one attached hydrogen (secondary N) is 1. The van der Waals surface area contributed by atoms with Gasteiger partial charge in [-0.15, -0.1) is 11.7 Å². The van der Waals surface area contributed by atoms with E-state index < -0.39 is 0 Å². The summed E-state index contributed by atoms with van der Waals surface area (Å²) in [4.78, 5) is 11.5. The Bertz CT molecular complexity index is 554. The van der Waals surface area contributed by atoms with Gasteiger partial charge in [-0.2, -0.15) is 4.68 Å². The molecule has 1 N–H and O–H groups in total. The number of thioether (sulfide) groups is 1. The minimum Gasteiger partial charge on any atom is -0.352 e. The van der Waals surface area contributed by atoms with Crippen LogP contribution < -0.4 is 5.32 Å². The van der Waals surface area contributed by atoms with Gasteiger partial charge in [0.15, 0.2) is 0 Å². The summed E-state index contributed by atoms with van der Waals surface area (Å²) >= 11 is 1.29. The van der Waals surface area contributed by atoms with E-state index in [0.29, 0.717) is 11.7 Å². The normalized spacial score (nSPS) is 10.1. The van der Waals surface area contributed by atoms with Crippen molar-refractivity contribution in [2.75, 3.05) is 12.3 Å². The standard InChI is InChI=1S/C12H13N5OS/c1-2-8-13-11(18)9-19-12-14-15-16-17(12)10-6-4-3-5-7-10/h2-7H,1,8-9H2,(H,13,18). The molecule has 0 aliphatic rings. The van der Waals surface area contributed by atoms with E-state index in [9.17, 15) is 4.79 Å². The fourth-order valence-corrected chi connectivity index (χ4v) is 2.09. The van der Waals surface area contributed by atoms with E-state index in [1.165, 1.54) is 11.8 Å². The SMILES string of the molecule is C=CCNC(=O)CSc1nnnn1-c1ccccc1. The van der Waals surface area contributed by atoms with Gasteiger partial charge in [-0.1, -0.05) is 36.0 Å². The first-order chi connectivity index (χ1) is 9.31. The third-order valence-corrected chi connectivity index (χ3v) is 3.14. The van der Waals surface area contributed by atoms with Crippen LogP contribution in [0.25, 0.3) is 5.69 Å². The van der Waals surface area contributed by atoms with Crippen molar-refractivity contribution in [2.45, 2.75) is 5.16 Å². The van der Waals surface area contributed by atoms with E-state index in [1.54, 1.807) is 10.8 Å². The van der Waals surface area contributed by atoms with E-state index >= 15 is 0 Å². The maximum Gasteiger partial charge on any atom is 0.230 e. The molecule has 2 rings (SSSR count). The Morgan fingerprint density at radius 3 is 2.95 bits per heavy atom. The van der Waals surface area contributed by atoms with Crippen LogP contribution in [0.5, 0.6) is 0 Å². The maximum atomic E-state index is 11.5. The van der Waals surface area contributed by atoms with E-state index in [4.69, 9.17) is 0 Å². The number of amides is 1. The second-order valence-electron chi connectivity index (χ2n) is 3.59. The highest BCUT2D eigenvalue weighted by Crippen LogP contribution is 2.17. The third-order valence-electron chi connectivity index (χ3n) is 2.22. The average Bonchev–Trinajstić information content (AvgIpc) is 2.92. The maximum absolute atomic E-state index is 11.5. The first-order valence-corrected chi connectivity index (χ1v) is 6.64. The summed E-state index contributed by atoms with van der Waals surface area (Å²) in [6, 6.07) is 9.53. The molecule has 0 bridgehead atoms. The molecule has 0 unspecified atom stereocenters. The number of nitrogens with zero attached hydrogens (tertiary/aromatic N) is 4. The van der Waals surface area contributed by atoms with Gasteiger partial charge in [-0.3, -0.25) is 4.79 Å². The summed E-state index contributed by atoms with van der Waals surface area (Å²) in [7, 11) is 0. The zero-order valence-electron chi connectivity index (χ0n) is 10.2. The van der Waals surface area contributed by atoms with Crippen molar-refractivity contribution in [3.63, 3.8) is 0 Å². The molecule has 1 heterocycles. The van der Waals surface area contributed by atoms with Gasteiger partial charge >= 0.3 is 0 Å². The van der Waals surface area contributed by atoms with Crippen molar-refractivity contribution in [1.29, 1.82) is 0 Å². The van der Waals surface area contributed by atoms with Gasteiger partial charge in [0.1, 0.15) is 0 Å². The number of para-hydroxylation sites is 1. The molecule has 6 nitrogen and oxygen atoms in total. The van der Waals surface area contributed by atoms with Crippen molar-refractivity contribution >= 4 is 17.7 Å². The van der Waals surface area contributed by atoms with Crippen LogP contribution >= 0.6 is 11.8 Å². The molecule has 1 aromatic carbocycles. The molecule has 0 radical (unpaired) electrons. The Morgan fingerprint density at radius 2 is 2.21 bits per heavy atom. The monoisotopic (exact) mass is 275 g/mol. The van der Waals surface area contributed by atoms with E-state index in [0.717, 1.165) is 5.69 Å². The fourth-order valence-electron chi connectivity index (χ4n) is 1.37. The van der Waals surface area contributed by atoms with Gasteiger partial charge in [0.2, 0.25) is 11.1 Å². The minimum absolute atomic E-state index is 0.0764. The molecule has 1 amide bonds. The molecule has 0 saturated heterocycles. The van der Waals surface area contributed by atoms with Crippen LogP contribution in [0, 0.1) is 0 Å². The second-order valence-corrected chi connectivity index (χ2v) is 4.53. The summed E-state index contributed by atoms with van der Waals surface area (Å²) in [5.41, 5.74) is 0.862. The largest absolute Gasteiger partial charge is 0.352 e. The minimum atomic E-state index is -0.0764. The Hall–Kier alpha value is -2.15. The molecular formula is C12H13N5OS. The quantitative estimate of drug-likeness (QED) is 0.630. The molecule has 19 heavy (non-hydrogen) atoms. The van der Waals surface area contributed by atoms with Gasteiger partial charge in [0, 0.05) is 6.54 Å². The van der Waals surface area contributed by atoms with E-state index in [1.807, 2.05) is 30.3 Å². The Balaban J connectivity index is 2.01. The lowest BCUT2D eigenvalue weighted by Crippen LogP contribution is -2.25. The van der Waals surface area contributed by atoms with Crippen molar-refractivity contribution < 1.29 is 4.79 Å². The zero-order valence-corrected chi connectivity index (χ0v) is 11.0. The number of rotatable bonds is 6. The van der Waals surface area contributed by atoms with Gasteiger partial charge in [0.25, 0.3) is 0 Å². The molecule has 0 aliphatic carbocycles. The van der Waals surface area contributed by atoms with Gasteiger partial charge in [-0.25, -0.2) is 0 Å².